The zero-order valence-corrected chi connectivity index (χ0v) is 11.8. The maximum atomic E-state index is 12.4. The summed E-state index contributed by atoms with van der Waals surface area (Å²) >= 11 is 5.03. The van der Waals surface area contributed by atoms with Crippen LogP contribution in [0.15, 0.2) is 48.7 Å². The quantitative estimate of drug-likeness (QED) is 0.855. The fourth-order valence-electron chi connectivity index (χ4n) is 1.78. The smallest absolute Gasteiger partial charge is 0.234 e. The van der Waals surface area contributed by atoms with Crippen molar-refractivity contribution < 1.29 is 4.79 Å². The Morgan fingerprint density at radius 2 is 1.79 bits per heavy atom. The number of nitrogens with zero attached hydrogens (tertiary/aromatic N) is 1. The van der Waals surface area contributed by atoms with Crippen LogP contribution in [-0.4, -0.2) is 10.9 Å². The number of pyridine rings is 1. The second kappa shape index (κ2) is 5.80. The lowest BCUT2D eigenvalue weighted by Gasteiger charge is -2.24. The van der Waals surface area contributed by atoms with E-state index in [9.17, 15) is 4.79 Å². The second-order valence-corrected chi connectivity index (χ2v) is 5.01. The normalized spacial score (nSPS) is 10.5. The van der Waals surface area contributed by atoms with Crippen LogP contribution in [-0.2, 0) is 4.79 Å². The van der Waals surface area contributed by atoms with Crippen LogP contribution < -0.4 is 4.90 Å². The fourth-order valence-corrected chi connectivity index (χ4v) is 1.91. The minimum atomic E-state index is -0.0802. The molecule has 1 amide bonds. The summed E-state index contributed by atoms with van der Waals surface area (Å²) in [6.07, 6.45) is 1.76. The van der Waals surface area contributed by atoms with Gasteiger partial charge in [-0.05, 0) is 24.3 Å². The minimum Gasteiger partial charge on any atom is -0.351 e. The predicted molar refractivity (Wildman–Crippen MR) is 80.1 cm³/mol. The lowest BCUT2D eigenvalue weighted by atomic mass is 10.1. The monoisotopic (exact) mass is 272 g/mol. The van der Waals surface area contributed by atoms with Gasteiger partial charge < -0.3 is 4.98 Å². The summed E-state index contributed by atoms with van der Waals surface area (Å²) in [6.45, 7) is 3.78. The van der Waals surface area contributed by atoms with Crippen molar-refractivity contribution in [2.45, 2.75) is 13.8 Å². The molecule has 0 spiro atoms. The third-order valence-electron chi connectivity index (χ3n) is 2.75. The van der Waals surface area contributed by atoms with Crippen molar-refractivity contribution in [2.24, 2.45) is 5.92 Å². The Morgan fingerprint density at radius 1 is 1.11 bits per heavy atom. The second-order valence-electron chi connectivity index (χ2n) is 4.58. The standard InChI is InChI=1S/C15H16N2OS/c1-11(2)15(18)17(12-6-4-3-5-7-12)13-8-9-14(19)16-10-13/h3-11H,1-2H3,(H,16,19). The van der Waals surface area contributed by atoms with Crippen molar-refractivity contribution in [2.75, 3.05) is 4.90 Å². The van der Waals surface area contributed by atoms with Gasteiger partial charge in [0.2, 0.25) is 5.91 Å². The highest BCUT2D eigenvalue weighted by Crippen LogP contribution is 2.26. The minimum absolute atomic E-state index is 0.0525. The van der Waals surface area contributed by atoms with Crippen LogP contribution in [0.5, 0.6) is 0 Å². The van der Waals surface area contributed by atoms with Gasteiger partial charge in [-0.15, -0.1) is 0 Å². The summed E-state index contributed by atoms with van der Waals surface area (Å²) < 4.78 is 0.647. The van der Waals surface area contributed by atoms with Crippen molar-refractivity contribution in [1.82, 2.24) is 4.98 Å². The number of nitrogens with one attached hydrogen (secondary N) is 1. The molecule has 0 atom stereocenters. The van der Waals surface area contributed by atoms with Gasteiger partial charge in [-0.2, -0.15) is 0 Å². The van der Waals surface area contributed by atoms with Crippen LogP contribution in [0.1, 0.15) is 13.8 Å². The number of para-hydroxylation sites is 1. The Morgan fingerprint density at radius 3 is 2.32 bits per heavy atom. The average Bonchev–Trinajstić information content (AvgIpc) is 2.42. The van der Waals surface area contributed by atoms with Gasteiger partial charge in [0.05, 0.1) is 5.69 Å². The highest BCUT2D eigenvalue weighted by molar-refractivity contribution is 7.71. The highest BCUT2D eigenvalue weighted by Gasteiger charge is 2.20. The van der Waals surface area contributed by atoms with Crippen molar-refractivity contribution in [3.63, 3.8) is 0 Å². The maximum Gasteiger partial charge on any atom is 0.234 e. The number of amides is 1. The summed E-state index contributed by atoms with van der Waals surface area (Å²) in [5.74, 6) is -0.0277. The van der Waals surface area contributed by atoms with Gasteiger partial charge in [0, 0.05) is 17.8 Å². The van der Waals surface area contributed by atoms with Crippen molar-refractivity contribution in [3.8, 4) is 0 Å². The fraction of sp³-hybridized carbons (Fsp3) is 0.200. The topological polar surface area (TPSA) is 36.1 Å². The van der Waals surface area contributed by atoms with Gasteiger partial charge in [0.25, 0.3) is 0 Å². The molecule has 1 aromatic carbocycles. The van der Waals surface area contributed by atoms with Gasteiger partial charge in [0.15, 0.2) is 0 Å². The number of aromatic nitrogens is 1. The molecule has 1 aromatic heterocycles. The van der Waals surface area contributed by atoms with Crippen molar-refractivity contribution in [1.29, 1.82) is 0 Å². The van der Waals surface area contributed by atoms with Gasteiger partial charge in [-0.3, -0.25) is 9.69 Å². The van der Waals surface area contributed by atoms with Crippen molar-refractivity contribution in [3.05, 3.63) is 53.3 Å². The van der Waals surface area contributed by atoms with E-state index in [1.807, 2.05) is 50.2 Å². The van der Waals surface area contributed by atoms with E-state index in [-0.39, 0.29) is 11.8 Å². The molecule has 0 radical (unpaired) electrons. The molecular weight excluding hydrogens is 256 g/mol. The van der Waals surface area contributed by atoms with E-state index >= 15 is 0 Å². The molecule has 0 saturated carbocycles. The van der Waals surface area contributed by atoms with Gasteiger partial charge >= 0.3 is 0 Å². The third kappa shape index (κ3) is 3.09. The van der Waals surface area contributed by atoms with Gasteiger partial charge in [0.1, 0.15) is 4.64 Å². The van der Waals surface area contributed by atoms with Gasteiger partial charge in [-0.25, -0.2) is 0 Å². The maximum absolute atomic E-state index is 12.4. The van der Waals surface area contributed by atoms with E-state index in [2.05, 4.69) is 4.98 Å². The number of H-pyrrole nitrogens is 1. The lowest BCUT2D eigenvalue weighted by molar-refractivity contribution is -0.120. The number of hydrogen-bond donors (Lipinski definition) is 1. The molecule has 0 fully saturated rings. The molecule has 98 valence electrons. The van der Waals surface area contributed by atoms with Gasteiger partial charge in [-0.1, -0.05) is 44.3 Å². The number of carbonyl (C=O) groups is 1. The molecule has 2 aromatic rings. The molecule has 0 aliphatic heterocycles. The molecule has 1 heterocycles. The Kier molecular flexibility index (Phi) is 4.12. The molecule has 0 unspecified atom stereocenters. The first-order valence-corrected chi connectivity index (χ1v) is 6.58. The third-order valence-corrected chi connectivity index (χ3v) is 3.01. The highest BCUT2D eigenvalue weighted by atomic mass is 32.1. The summed E-state index contributed by atoms with van der Waals surface area (Å²) in [4.78, 5) is 17.1. The van der Waals surface area contributed by atoms with E-state index in [0.717, 1.165) is 11.4 Å². The first-order chi connectivity index (χ1) is 9.09. The summed E-state index contributed by atoms with van der Waals surface area (Å²) in [5, 5.41) is 0. The van der Waals surface area contributed by atoms with Crippen LogP contribution in [0.3, 0.4) is 0 Å². The number of aromatic amines is 1. The number of anilines is 2. The molecule has 0 aliphatic carbocycles. The predicted octanol–water partition coefficient (Wildman–Crippen LogP) is 4.06. The van der Waals surface area contributed by atoms with E-state index in [0.29, 0.717) is 4.64 Å². The first kappa shape index (κ1) is 13.5. The Labute approximate surface area is 117 Å². The molecule has 2 rings (SSSR count). The van der Waals surface area contributed by atoms with Crippen molar-refractivity contribution >= 4 is 29.5 Å². The largest absolute Gasteiger partial charge is 0.351 e. The number of benzene rings is 1. The van der Waals surface area contributed by atoms with E-state index in [1.54, 1.807) is 17.2 Å². The number of carbonyl (C=O) groups excluding carboxylic acids is 1. The van der Waals surface area contributed by atoms with Crippen LogP contribution in [0.4, 0.5) is 11.4 Å². The van der Waals surface area contributed by atoms with Crippen LogP contribution in [0, 0.1) is 10.6 Å². The summed E-state index contributed by atoms with van der Waals surface area (Å²) in [7, 11) is 0. The molecular formula is C15H16N2OS. The summed E-state index contributed by atoms with van der Waals surface area (Å²) in [6, 6.07) is 13.2. The molecule has 4 heteroatoms. The SMILES string of the molecule is CC(C)C(=O)N(c1ccccc1)c1ccc(=S)[nH]c1. The van der Waals surface area contributed by atoms with Crippen LogP contribution in [0.25, 0.3) is 0 Å². The van der Waals surface area contributed by atoms with Crippen LogP contribution in [0.2, 0.25) is 0 Å². The van der Waals surface area contributed by atoms with E-state index < -0.39 is 0 Å². The molecule has 0 bridgehead atoms. The molecule has 1 N–H and O–H groups in total. The zero-order valence-electron chi connectivity index (χ0n) is 11.0. The van der Waals surface area contributed by atoms with E-state index in [1.165, 1.54) is 0 Å². The summed E-state index contributed by atoms with van der Waals surface area (Å²) in [5.41, 5.74) is 1.64. The molecule has 0 saturated heterocycles. The number of rotatable bonds is 3. The molecule has 19 heavy (non-hydrogen) atoms. The molecule has 3 nitrogen and oxygen atoms in total. The Hall–Kier alpha value is -1.94. The average molecular weight is 272 g/mol. The number of hydrogen-bond acceptors (Lipinski definition) is 2. The first-order valence-electron chi connectivity index (χ1n) is 6.17. The zero-order chi connectivity index (χ0) is 13.8. The molecule has 0 aliphatic rings. The lowest BCUT2D eigenvalue weighted by Crippen LogP contribution is -2.29. The van der Waals surface area contributed by atoms with Crippen LogP contribution >= 0.6 is 12.2 Å². The Balaban J connectivity index is 2.49. The Bertz CT molecular complexity index is 599. The van der Waals surface area contributed by atoms with E-state index in [4.69, 9.17) is 12.2 Å².